The Morgan fingerprint density at radius 2 is 1.65 bits per heavy atom. The second-order valence-corrected chi connectivity index (χ2v) is 17.3. The minimum Gasteiger partial charge on any atom is -0.462 e. The molecule has 7 nitrogen and oxygen atoms in total. The number of amides is 1. The van der Waals surface area contributed by atoms with Crippen molar-refractivity contribution >= 4 is 11.9 Å². The number of nitrogens with zero attached hydrogens (tertiary/aromatic N) is 1. The van der Waals surface area contributed by atoms with Crippen molar-refractivity contribution in [3.63, 3.8) is 0 Å². The molecule has 0 aromatic carbocycles. The van der Waals surface area contributed by atoms with Gasteiger partial charge in [-0.25, -0.2) is 0 Å². The summed E-state index contributed by atoms with van der Waals surface area (Å²) in [6, 6.07) is 0. The molecule has 0 radical (unpaired) electrons. The number of fused-ring (bicyclic) bond motifs is 5. The predicted octanol–water partition coefficient (Wildman–Crippen LogP) is 7.62. The predicted molar refractivity (Wildman–Crippen MR) is 198 cm³/mol. The van der Waals surface area contributed by atoms with Crippen molar-refractivity contribution in [2.24, 2.45) is 57.8 Å². The van der Waals surface area contributed by atoms with E-state index in [-0.39, 0.29) is 36.2 Å². The highest BCUT2D eigenvalue weighted by Gasteiger charge is 2.59. The standard InChI is InChI=1S/C41H74N4O3/c1-30(2)11-8-12-31(3)35-15-16-36-34-14-13-32-29-33(19-21-40(32,4)37(34)20-22-41(35,36)5)48-39(47)18-17-38(46)45(28-10-24-43)27-7-6-25-44-26-9-23-42/h13,30-31,33-37,44H,6-12,14-29,42-43H2,1-5H3/t31-,33+,34+,35-,36+,37+,40+,41-/m1/s1. The average molecular weight is 671 g/mol. The Morgan fingerprint density at radius 1 is 0.896 bits per heavy atom. The normalized spacial score (nSPS) is 31.8. The van der Waals surface area contributed by atoms with Crippen molar-refractivity contribution in [2.75, 3.05) is 39.3 Å². The van der Waals surface area contributed by atoms with Crippen LogP contribution in [-0.4, -0.2) is 62.1 Å². The molecule has 3 fully saturated rings. The third-order valence-electron chi connectivity index (χ3n) is 13.7. The van der Waals surface area contributed by atoms with Crippen molar-refractivity contribution in [1.29, 1.82) is 0 Å². The number of nitrogens with two attached hydrogens (primary N) is 2. The van der Waals surface area contributed by atoms with E-state index >= 15 is 0 Å². The van der Waals surface area contributed by atoms with Crippen LogP contribution < -0.4 is 16.8 Å². The van der Waals surface area contributed by atoms with Crippen LogP contribution in [0, 0.1) is 46.3 Å². The van der Waals surface area contributed by atoms with Crippen molar-refractivity contribution in [3.8, 4) is 0 Å². The molecule has 4 aliphatic carbocycles. The first kappa shape index (κ1) is 39.3. The van der Waals surface area contributed by atoms with E-state index in [0.717, 1.165) is 93.5 Å². The Labute approximate surface area is 294 Å². The van der Waals surface area contributed by atoms with Crippen LogP contribution in [0.15, 0.2) is 11.6 Å². The van der Waals surface area contributed by atoms with Crippen LogP contribution in [0.4, 0.5) is 0 Å². The van der Waals surface area contributed by atoms with Gasteiger partial charge in [-0.3, -0.25) is 9.59 Å². The SMILES string of the molecule is CC(C)CCC[C@@H](C)[C@H]1CC[C@H]2[C@@H]3CC=C4C[C@@H](OC(=O)CCC(=O)N(CCCN)CCCCNCCCN)CC[C@]4(C)[C@H]3CC[C@]12C. The van der Waals surface area contributed by atoms with Crippen molar-refractivity contribution in [3.05, 3.63) is 11.6 Å². The highest BCUT2D eigenvalue weighted by atomic mass is 16.5. The van der Waals surface area contributed by atoms with Crippen LogP contribution in [0.1, 0.15) is 144 Å². The molecule has 7 heteroatoms. The summed E-state index contributed by atoms with van der Waals surface area (Å²) < 4.78 is 6.06. The van der Waals surface area contributed by atoms with E-state index in [2.05, 4.69) is 46.0 Å². The summed E-state index contributed by atoms with van der Waals surface area (Å²) in [6.45, 7) is 17.0. The molecule has 1 amide bonds. The molecule has 8 atom stereocenters. The van der Waals surface area contributed by atoms with E-state index in [0.29, 0.717) is 31.6 Å². The molecule has 48 heavy (non-hydrogen) atoms. The van der Waals surface area contributed by atoms with E-state index in [1.54, 1.807) is 5.57 Å². The van der Waals surface area contributed by atoms with Crippen LogP contribution in [0.3, 0.4) is 0 Å². The molecule has 4 aliphatic rings. The number of carbonyl (C=O) groups is 2. The van der Waals surface area contributed by atoms with Crippen molar-refractivity contribution < 1.29 is 14.3 Å². The smallest absolute Gasteiger partial charge is 0.306 e. The number of esters is 1. The van der Waals surface area contributed by atoms with E-state index < -0.39 is 0 Å². The fraction of sp³-hybridized carbons (Fsp3) is 0.902. The molecule has 0 aromatic rings. The molecule has 276 valence electrons. The van der Waals surface area contributed by atoms with Gasteiger partial charge in [-0.05, 0) is 143 Å². The van der Waals surface area contributed by atoms with E-state index in [4.69, 9.17) is 16.2 Å². The summed E-state index contributed by atoms with van der Waals surface area (Å²) in [5, 5.41) is 3.40. The largest absolute Gasteiger partial charge is 0.462 e. The Hall–Kier alpha value is -1.44. The van der Waals surface area contributed by atoms with Gasteiger partial charge in [0.05, 0.1) is 6.42 Å². The number of unbranched alkanes of at least 4 members (excludes halogenated alkanes) is 1. The maximum Gasteiger partial charge on any atom is 0.306 e. The monoisotopic (exact) mass is 671 g/mol. The van der Waals surface area contributed by atoms with Gasteiger partial charge >= 0.3 is 5.97 Å². The average Bonchev–Trinajstić information content (AvgIpc) is 3.42. The zero-order valence-electron chi connectivity index (χ0n) is 31.7. The van der Waals surface area contributed by atoms with Gasteiger partial charge in [0.1, 0.15) is 6.10 Å². The highest BCUT2D eigenvalue weighted by Crippen LogP contribution is 2.67. The summed E-state index contributed by atoms with van der Waals surface area (Å²) in [5.74, 6) is 4.80. The van der Waals surface area contributed by atoms with E-state index in [1.807, 2.05) is 4.90 Å². The summed E-state index contributed by atoms with van der Waals surface area (Å²) in [7, 11) is 0. The second-order valence-electron chi connectivity index (χ2n) is 17.3. The van der Waals surface area contributed by atoms with Gasteiger partial charge in [0.15, 0.2) is 0 Å². The maximum absolute atomic E-state index is 13.1. The molecule has 0 unspecified atom stereocenters. The zero-order valence-corrected chi connectivity index (χ0v) is 31.7. The fourth-order valence-electron chi connectivity index (χ4n) is 10.9. The van der Waals surface area contributed by atoms with Gasteiger partial charge < -0.3 is 26.4 Å². The van der Waals surface area contributed by atoms with Crippen LogP contribution in [0.25, 0.3) is 0 Å². The van der Waals surface area contributed by atoms with E-state index in [9.17, 15) is 9.59 Å². The molecular weight excluding hydrogens is 596 g/mol. The summed E-state index contributed by atoms with van der Waals surface area (Å²) in [6.07, 6.45) is 20.5. The molecule has 0 saturated heterocycles. The highest BCUT2D eigenvalue weighted by molar-refractivity contribution is 5.81. The Kier molecular flexibility index (Phi) is 15.3. The molecular formula is C41H74N4O3. The first-order chi connectivity index (χ1) is 23.0. The summed E-state index contributed by atoms with van der Waals surface area (Å²) >= 11 is 0. The number of carbonyl (C=O) groups excluding carboxylic acids is 2. The van der Waals surface area contributed by atoms with Gasteiger partial charge in [0.25, 0.3) is 0 Å². The minimum absolute atomic E-state index is 0.0390. The minimum atomic E-state index is -0.220. The third-order valence-corrected chi connectivity index (χ3v) is 13.7. The molecule has 5 N–H and O–H groups in total. The van der Waals surface area contributed by atoms with Gasteiger partial charge in [-0.2, -0.15) is 0 Å². The number of ether oxygens (including phenoxy) is 1. The maximum atomic E-state index is 13.1. The number of rotatable bonds is 20. The number of hydrogen-bond acceptors (Lipinski definition) is 6. The molecule has 0 spiro atoms. The van der Waals surface area contributed by atoms with Crippen LogP contribution >= 0.6 is 0 Å². The Bertz CT molecular complexity index is 1050. The molecule has 0 bridgehead atoms. The number of allylic oxidation sites excluding steroid dienone is 1. The molecule has 3 saturated carbocycles. The first-order valence-electron chi connectivity index (χ1n) is 20.3. The van der Waals surface area contributed by atoms with Crippen LogP contribution in [-0.2, 0) is 14.3 Å². The summed E-state index contributed by atoms with van der Waals surface area (Å²) in [4.78, 5) is 28.0. The van der Waals surface area contributed by atoms with Gasteiger partial charge in [-0.15, -0.1) is 0 Å². The Balaban J connectivity index is 1.25. The lowest BCUT2D eigenvalue weighted by atomic mass is 9.47. The molecule has 0 aromatic heterocycles. The number of hydrogen-bond donors (Lipinski definition) is 3. The Morgan fingerprint density at radius 3 is 2.40 bits per heavy atom. The summed E-state index contributed by atoms with van der Waals surface area (Å²) in [5.41, 5.74) is 13.6. The molecule has 4 rings (SSSR count). The fourth-order valence-corrected chi connectivity index (χ4v) is 10.9. The topological polar surface area (TPSA) is 111 Å². The quantitative estimate of drug-likeness (QED) is 0.0699. The number of nitrogens with one attached hydrogen (secondary N) is 1. The van der Waals surface area contributed by atoms with Gasteiger partial charge in [0.2, 0.25) is 5.91 Å². The van der Waals surface area contributed by atoms with Crippen LogP contribution in [0.2, 0.25) is 0 Å². The first-order valence-corrected chi connectivity index (χ1v) is 20.3. The van der Waals surface area contributed by atoms with Crippen molar-refractivity contribution in [1.82, 2.24) is 10.2 Å². The third kappa shape index (κ3) is 9.87. The molecule has 0 heterocycles. The second kappa shape index (κ2) is 18.7. The molecule has 0 aliphatic heterocycles. The van der Waals surface area contributed by atoms with Crippen molar-refractivity contribution in [2.45, 2.75) is 150 Å². The lowest BCUT2D eigenvalue weighted by molar-refractivity contribution is -0.153. The lowest BCUT2D eigenvalue weighted by Gasteiger charge is -2.58. The van der Waals surface area contributed by atoms with Crippen LogP contribution in [0.5, 0.6) is 0 Å². The van der Waals surface area contributed by atoms with Gasteiger partial charge in [-0.1, -0.05) is 65.5 Å². The van der Waals surface area contributed by atoms with Gasteiger partial charge in [0, 0.05) is 25.9 Å². The zero-order chi connectivity index (χ0) is 34.7. The lowest BCUT2D eigenvalue weighted by Crippen LogP contribution is -2.51. The van der Waals surface area contributed by atoms with E-state index in [1.165, 1.54) is 51.4 Å².